The average molecular weight is 363 g/mol. The maximum absolute atomic E-state index is 13.1. The minimum absolute atomic E-state index is 0.0458. The van der Waals surface area contributed by atoms with Gasteiger partial charge in [0.05, 0.1) is 5.56 Å². The summed E-state index contributed by atoms with van der Waals surface area (Å²) in [6.45, 7) is 5.63. The molecule has 140 valence electrons. The van der Waals surface area contributed by atoms with Gasteiger partial charge in [0.15, 0.2) is 0 Å². The molecule has 1 fully saturated rings. The fraction of sp³-hybridized carbons (Fsp3) is 0.364. The molecule has 1 amide bonds. The Balaban J connectivity index is 1.60. The molecule has 1 aromatic heterocycles. The van der Waals surface area contributed by atoms with Crippen LogP contribution in [0.5, 0.6) is 5.75 Å². The highest BCUT2D eigenvalue weighted by atomic mass is 16.3. The summed E-state index contributed by atoms with van der Waals surface area (Å²) in [7, 11) is 0. The van der Waals surface area contributed by atoms with Crippen LogP contribution < -0.4 is 0 Å². The fourth-order valence-corrected chi connectivity index (χ4v) is 4.02. The highest BCUT2D eigenvalue weighted by Gasteiger charge is 2.29. The number of hydrogen-bond acceptors (Lipinski definition) is 3. The molecule has 1 atom stereocenters. The molecule has 1 aliphatic heterocycles. The second-order valence-corrected chi connectivity index (χ2v) is 7.59. The van der Waals surface area contributed by atoms with Gasteiger partial charge < -0.3 is 14.6 Å². The molecule has 0 radical (unpaired) electrons. The third kappa shape index (κ3) is 3.29. The standard InChI is InChI=1S/C22H25N3O2/c1-15(2)25-11-9-23-21(25)18-8-5-10-24(14-18)22(27)19-12-16-6-3-4-7-17(16)13-20(19)26/h3-4,6-7,9,11-13,15,18,26H,5,8,10,14H2,1-2H3. The molecule has 1 unspecified atom stereocenters. The van der Waals surface area contributed by atoms with Gasteiger partial charge in [0.1, 0.15) is 11.6 Å². The number of aromatic nitrogens is 2. The number of aromatic hydroxyl groups is 1. The number of phenolic OH excluding ortho intramolecular Hbond substituents is 1. The first-order valence-electron chi connectivity index (χ1n) is 9.58. The van der Waals surface area contributed by atoms with Gasteiger partial charge >= 0.3 is 0 Å². The van der Waals surface area contributed by atoms with Crippen molar-refractivity contribution in [3.63, 3.8) is 0 Å². The highest BCUT2D eigenvalue weighted by Crippen LogP contribution is 2.31. The summed E-state index contributed by atoms with van der Waals surface area (Å²) in [5.74, 6) is 1.21. The number of fused-ring (bicyclic) bond motifs is 1. The van der Waals surface area contributed by atoms with Gasteiger partial charge in [-0.2, -0.15) is 0 Å². The number of amides is 1. The van der Waals surface area contributed by atoms with E-state index in [1.54, 1.807) is 12.1 Å². The average Bonchev–Trinajstić information content (AvgIpc) is 3.17. The second kappa shape index (κ2) is 7.06. The van der Waals surface area contributed by atoms with Crippen molar-refractivity contribution < 1.29 is 9.90 Å². The summed E-state index contributed by atoms with van der Waals surface area (Å²) in [6.07, 6.45) is 5.81. The Kier molecular flexibility index (Phi) is 4.60. The Bertz CT molecular complexity index is 977. The summed E-state index contributed by atoms with van der Waals surface area (Å²) >= 11 is 0. The summed E-state index contributed by atoms with van der Waals surface area (Å²) < 4.78 is 2.19. The predicted octanol–water partition coefficient (Wildman–Crippen LogP) is 4.34. The number of phenols is 1. The summed E-state index contributed by atoms with van der Waals surface area (Å²) in [5, 5.41) is 12.3. The van der Waals surface area contributed by atoms with E-state index in [9.17, 15) is 9.90 Å². The predicted molar refractivity (Wildman–Crippen MR) is 106 cm³/mol. The van der Waals surface area contributed by atoms with Crippen molar-refractivity contribution in [2.75, 3.05) is 13.1 Å². The number of rotatable bonds is 3. The van der Waals surface area contributed by atoms with Crippen LogP contribution in [-0.4, -0.2) is 38.6 Å². The molecule has 5 nitrogen and oxygen atoms in total. The van der Waals surface area contributed by atoms with Crippen molar-refractivity contribution in [3.05, 3.63) is 60.2 Å². The lowest BCUT2D eigenvalue weighted by atomic mass is 9.95. The third-order valence-corrected chi connectivity index (χ3v) is 5.42. The zero-order chi connectivity index (χ0) is 19.0. The van der Waals surface area contributed by atoms with Gasteiger partial charge in [0, 0.05) is 37.4 Å². The fourth-order valence-electron chi connectivity index (χ4n) is 4.02. The van der Waals surface area contributed by atoms with Crippen LogP contribution in [0.15, 0.2) is 48.8 Å². The molecule has 1 N–H and O–H groups in total. The Labute approximate surface area is 159 Å². The number of likely N-dealkylation sites (tertiary alicyclic amines) is 1. The number of carbonyl (C=O) groups is 1. The van der Waals surface area contributed by atoms with Crippen LogP contribution in [0.3, 0.4) is 0 Å². The first-order valence-corrected chi connectivity index (χ1v) is 9.58. The molecule has 0 bridgehead atoms. The normalized spacial score (nSPS) is 17.6. The number of hydrogen-bond donors (Lipinski definition) is 1. The Morgan fingerprint density at radius 1 is 1.22 bits per heavy atom. The number of piperidine rings is 1. The largest absolute Gasteiger partial charge is 0.507 e. The third-order valence-electron chi connectivity index (χ3n) is 5.42. The van der Waals surface area contributed by atoms with E-state index >= 15 is 0 Å². The van der Waals surface area contributed by atoms with Crippen LogP contribution in [0, 0.1) is 0 Å². The minimum Gasteiger partial charge on any atom is -0.507 e. The number of benzene rings is 2. The molecule has 1 saturated heterocycles. The molecule has 4 rings (SSSR count). The van der Waals surface area contributed by atoms with Crippen LogP contribution in [0.2, 0.25) is 0 Å². The first-order chi connectivity index (χ1) is 13.0. The van der Waals surface area contributed by atoms with Crippen LogP contribution >= 0.6 is 0 Å². The number of imidazole rings is 1. The topological polar surface area (TPSA) is 58.4 Å². The van der Waals surface area contributed by atoms with E-state index in [0.29, 0.717) is 24.7 Å². The molecule has 2 aromatic carbocycles. The first kappa shape index (κ1) is 17.6. The van der Waals surface area contributed by atoms with Gasteiger partial charge in [-0.05, 0) is 49.6 Å². The van der Waals surface area contributed by atoms with E-state index in [4.69, 9.17) is 0 Å². The van der Waals surface area contributed by atoms with E-state index in [2.05, 4.69) is 23.4 Å². The van der Waals surface area contributed by atoms with Gasteiger partial charge in [-0.1, -0.05) is 24.3 Å². The Morgan fingerprint density at radius 2 is 1.96 bits per heavy atom. The van der Waals surface area contributed by atoms with E-state index in [-0.39, 0.29) is 17.6 Å². The lowest BCUT2D eigenvalue weighted by Crippen LogP contribution is -2.39. The van der Waals surface area contributed by atoms with Gasteiger partial charge in [-0.3, -0.25) is 4.79 Å². The van der Waals surface area contributed by atoms with Crippen molar-refractivity contribution in [3.8, 4) is 5.75 Å². The quantitative estimate of drug-likeness (QED) is 0.753. The van der Waals surface area contributed by atoms with Crippen molar-refractivity contribution in [1.82, 2.24) is 14.5 Å². The molecule has 0 aliphatic carbocycles. The monoisotopic (exact) mass is 363 g/mol. The lowest BCUT2D eigenvalue weighted by molar-refractivity contribution is 0.0700. The van der Waals surface area contributed by atoms with E-state index in [0.717, 1.165) is 29.4 Å². The maximum Gasteiger partial charge on any atom is 0.257 e. The lowest BCUT2D eigenvalue weighted by Gasteiger charge is -2.33. The Morgan fingerprint density at radius 3 is 2.70 bits per heavy atom. The van der Waals surface area contributed by atoms with Crippen molar-refractivity contribution in [2.45, 2.75) is 38.6 Å². The smallest absolute Gasteiger partial charge is 0.257 e. The van der Waals surface area contributed by atoms with Crippen molar-refractivity contribution in [2.24, 2.45) is 0 Å². The SMILES string of the molecule is CC(C)n1ccnc1C1CCCN(C(=O)c2cc3ccccc3cc2O)C1. The van der Waals surface area contributed by atoms with E-state index in [1.165, 1.54) is 0 Å². The molecular formula is C22H25N3O2. The van der Waals surface area contributed by atoms with Crippen LogP contribution in [0.25, 0.3) is 10.8 Å². The zero-order valence-corrected chi connectivity index (χ0v) is 15.8. The molecular weight excluding hydrogens is 338 g/mol. The van der Waals surface area contributed by atoms with Gasteiger partial charge in [0.25, 0.3) is 5.91 Å². The van der Waals surface area contributed by atoms with Crippen LogP contribution in [0.1, 0.15) is 54.8 Å². The zero-order valence-electron chi connectivity index (χ0n) is 15.8. The van der Waals surface area contributed by atoms with Crippen LogP contribution in [0.4, 0.5) is 0 Å². The van der Waals surface area contributed by atoms with E-state index < -0.39 is 0 Å². The molecule has 3 aromatic rings. The second-order valence-electron chi connectivity index (χ2n) is 7.59. The van der Waals surface area contributed by atoms with Crippen molar-refractivity contribution in [1.29, 1.82) is 0 Å². The van der Waals surface area contributed by atoms with Crippen molar-refractivity contribution >= 4 is 16.7 Å². The van der Waals surface area contributed by atoms with Crippen LogP contribution in [-0.2, 0) is 0 Å². The molecule has 0 saturated carbocycles. The number of nitrogens with zero attached hydrogens (tertiary/aromatic N) is 3. The number of carbonyl (C=O) groups excluding carboxylic acids is 1. The summed E-state index contributed by atoms with van der Waals surface area (Å²) in [6, 6.07) is 11.6. The van der Waals surface area contributed by atoms with Gasteiger partial charge in [-0.15, -0.1) is 0 Å². The van der Waals surface area contributed by atoms with Gasteiger partial charge in [0.2, 0.25) is 0 Å². The maximum atomic E-state index is 13.1. The molecule has 0 spiro atoms. The highest BCUT2D eigenvalue weighted by molar-refractivity contribution is 6.01. The summed E-state index contributed by atoms with van der Waals surface area (Å²) in [4.78, 5) is 19.6. The molecule has 1 aliphatic rings. The summed E-state index contributed by atoms with van der Waals surface area (Å²) in [5.41, 5.74) is 0.376. The molecule has 2 heterocycles. The molecule has 27 heavy (non-hydrogen) atoms. The Hall–Kier alpha value is -2.82. The van der Waals surface area contributed by atoms with Gasteiger partial charge in [-0.25, -0.2) is 4.98 Å². The van der Waals surface area contributed by atoms with E-state index in [1.807, 2.05) is 41.6 Å². The minimum atomic E-state index is -0.106. The molecule has 5 heteroatoms.